The van der Waals surface area contributed by atoms with Crippen molar-refractivity contribution < 1.29 is 0 Å². The predicted molar refractivity (Wildman–Crippen MR) is 45.2 cm³/mol. The maximum Gasteiger partial charge on any atom is 0.0406 e. The third kappa shape index (κ3) is 1.74. The van der Waals surface area contributed by atoms with Crippen molar-refractivity contribution in [3.8, 4) is 0 Å². The van der Waals surface area contributed by atoms with Crippen molar-refractivity contribution in [1.82, 2.24) is 0 Å². The average molecular weight is 154 g/mol. The summed E-state index contributed by atoms with van der Waals surface area (Å²) in [5.41, 5.74) is 1.23. The Morgan fingerprint density at radius 3 is 2.20 bits per heavy atom. The van der Waals surface area contributed by atoms with Gasteiger partial charge in [0.15, 0.2) is 0 Å². The summed E-state index contributed by atoms with van der Waals surface area (Å²) in [5.74, 6) is 0.345. The molecule has 0 bridgehead atoms. The number of halogens is 1. The van der Waals surface area contributed by atoms with Gasteiger partial charge in [-0.1, -0.05) is 30.7 Å². The number of benzene rings is 1. The van der Waals surface area contributed by atoms with E-state index in [1.807, 2.05) is 24.3 Å². The minimum Gasteiger partial charge on any atom is -0.0843 e. The quantitative estimate of drug-likeness (QED) is 0.581. The monoisotopic (exact) mass is 153 g/mol. The van der Waals surface area contributed by atoms with Gasteiger partial charge in [0, 0.05) is 5.02 Å². The zero-order valence-electron chi connectivity index (χ0n) is 5.97. The van der Waals surface area contributed by atoms with Crippen LogP contribution in [0.25, 0.3) is 0 Å². The van der Waals surface area contributed by atoms with Gasteiger partial charge in [0.2, 0.25) is 0 Å². The van der Waals surface area contributed by atoms with Crippen LogP contribution in [-0.4, -0.2) is 0 Å². The van der Waals surface area contributed by atoms with Crippen LogP contribution in [0.15, 0.2) is 24.3 Å². The molecule has 10 heavy (non-hydrogen) atoms. The first-order chi connectivity index (χ1) is 4.70. The van der Waals surface area contributed by atoms with Gasteiger partial charge in [0.25, 0.3) is 0 Å². The summed E-state index contributed by atoms with van der Waals surface area (Å²) in [6.07, 6.45) is 0. The molecule has 1 radical (unpaired) electrons. The van der Waals surface area contributed by atoms with Crippen molar-refractivity contribution >= 4 is 11.6 Å². The molecule has 0 amide bonds. The summed E-state index contributed by atoms with van der Waals surface area (Å²) in [4.78, 5) is 0. The standard InChI is InChI=1S/C9H10Cl/c1-7(2)8-3-5-9(10)6-4-8/h3-7H,1H2,2H3/t7-/m0/s1. The lowest BCUT2D eigenvalue weighted by atomic mass is 10.0. The molecule has 1 atom stereocenters. The van der Waals surface area contributed by atoms with Crippen LogP contribution in [0.5, 0.6) is 0 Å². The van der Waals surface area contributed by atoms with E-state index < -0.39 is 0 Å². The third-order valence-corrected chi connectivity index (χ3v) is 1.69. The van der Waals surface area contributed by atoms with E-state index in [0.717, 1.165) is 5.02 Å². The molecule has 0 N–H and O–H groups in total. The van der Waals surface area contributed by atoms with Gasteiger partial charge in [-0.15, -0.1) is 0 Å². The Morgan fingerprint density at radius 2 is 1.80 bits per heavy atom. The third-order valence-electron chi connectivity index (χ3n) is 1.44. The molecular formula is C9H10Cl. The first-order valence-electron chi connectivity index (χ1n) is 3.28. The Balaban J connectivity index is 2.89. The average Bonchev–Trinajstić information content (AvgIpc) is 1.88. The van der Waals surface area contributed by atoms with E-state index in [1.165, 1.54) is 5.56 Å². The van der Waals surface area contributed by atoms with Crippen LogP contribution in [0.2, 0.25) is 5.02 Å². The van der Waals surface area contributed by atoms with Gasteiger partial charge in [-0.05, 0) is 30.5 Å². The van der Waals surface area contributed by atoms with E-state index in [0.29, 0.717) is 5.92 Å². The molecule has 0 nitrogen and oxygen atoms in total. The van der Waals surface area contributed by atoms with E-state index in [4.69, 9.17) is 11.6 Å². The highest BCUT2D eigenvalue weighted by molar-refractivity contribution is 6.30. The Labute approximate surface area is 66.8 Å². The van der Waals surface area contributed by atoms with E-state index >= 15 is 0 Å². The SMILES string of the molecule is [CH2][C@@H](C)c1ccc(Cl)cc1. The number of hydrogen-bond donors (Lipinski definition) is 0. The van der Waals surface area contributed by atoms with E-state index in [1.54, 1.807) is 0 Å². The van der Waals surface area contributed by atoms with Crippen molar-refractivity contribution in [3.05, 3.63) is 41.8 Å². The van der Waals surface area contributed by atoms with Crippen molar-refractivity contribution in [2.45, 2.75) is 12.8 Å². The van der Waals surface area contributed by atoms with Crippen LogP contribution in [0, 0.1) is 6.92 Å². The zero-order chi connectivity index (χ0) is 7.56. The van der Waals surface area contributed by atoms with Gasteiger partial charge in [-0.25, -0.2) is 0 Å². The van der Waals surface area contributed by atoms with Crippen molar-refractivity contribution in [2.24, 2.45) is 0 Å². The lowest BCUT2D eigenvalue weighted by molar-refractivity contribution is 0.964. The molecule has 0 spiro atoms. The fourth-order valence-electron chi connectivity index (χ4n) is 0.791. The summed E-state index contributed by atoms with van der Waals surface area (Å²) in [6, 6.07) is 7.77. The fraction of sp³-hybridized carbons (Fsp3) is 0.222. The van der Waals surface area contributed by atoms with Gasteiger partial charge in [-0.2, -0.15) is 0 Å². The first kappa shape index (κ1) is 7.62. The topological polar surface area (TPSA) is 0 Å². The van der Waals surface area contributed by atoms with Gasteiger partial charge in [0.1, 0.15) is 0 Å². The molecule has 1 aromatic carbocycles. The zero-order valence-corrected chi connectivity index (χ0v) is 6.73. The van der Waals surface area contributed by atoms with Gasteiger partial charge < -0.3 is 0 Å². The summed E-state index contributed by atoms with van der Waals surface area (Å²) >= 11 is 5.70. The molecule has 0 heterocycles. The highest BCUT2D eigenvalue weighted by atomic mass is 35.5. The Bertz CT molecular complexity index is 198. The molecule has 0 aliphatic heterocycles. The number of rotatable bonds is 1. The summed E-state index contributed by atoms with van der Waals surface area (Å²) in [5, 5.41) is 0.782. The van der Waals surface area contributed by atoms with Gasteiger partial charge in [-0.3, -0.25) is 0 Å². The Hall–Kier alpha value is -0.490. The molecule has 0 aliphatic carbocycles. The van der Waals surface area contributed by atoms with Crippen molar-refractivity contribution in [2.75, 3.05) is 0 Å². The summed E-state index contributed by atoms with van der Waals surface area (Å²) in [6.45, 7) is 5.95. The Morgan fingerprint density at radius 1 is 1.30 bits per heavy atom. The lowest BCUT2D eigenvalue weighted by Crippen LogP contribution is -1.84. The molecule has 1 aromatic rings. The molecule has 53 valence electrons. The summed E-state index contributed by atoms with van der Waals surface area (Å²) < 4.78 is 0. The smallest absolute Gasteiger partial charge is 0.0406 e. The van der Waals surface area contributed by atoms with Crippen LogP contribution in [0.3, 0.4) is 0 Å². The largest absolute Gasteiger partial charge is 0.0843 e. The highest BCUT2D eigenvalue weighted by Crippen LogP contribution is 2.16. The van der Waals surface area contributed by atoms with Crippen LogP contribution in [0.4, 0.5) is 0 Å². The van der Waals surface area contributed by atoms with E-state index in [9.17, 15) is 0 Å². The Kier molecular flexibility index (Phi) is 2.34. The number of hydrogen-bond acceptors (Lipinski definition) is 0. The highest BCUT2D eigenvalue weighted by Gasteiger charge is 1.96. The molecule has 1 heteroatoms. The van der Waals surface area contributed by atoms with Crippen molar-refractivity contribution in [3.63, 3.8) is 0 Å². The van der Waals surface area contributed by atoms with Crippen LogP contribution >= 0.6 is 11.6 Å². The molecule has 0 saturated heterocycles. The van der Waals surface area contributed by atoms with Crippen LogP contribution in [-0.2, 0) is 0 Å². The second kappa shape index (κ2) is 3.07. The summed E-state index contributed by atoms with van der Waals surface area (Å²) in [7, 11) is 0. The minimum absolute atomic E-state index is 0.345. The van der Waals surface area contributed by atoms with Gasteiger partial charge >= 0.3 is 0 Å². The molecule has 0 fully saturated rings. The molecule has 0 unspecified atom stereocenters. The second-order valence-electron chi connectivity index (χ2n) is 2.45. The van der Waals surface area contributed by atoms with Gasteiger partial charge in [0.05, 0.1) is 0 Å². The van der Waals surface area contributed by atoms with Crippen LogP contribution in [0.1, 0.15) is 18.4 Å². The van der Waals surface area contributed by atoms with Crippen LogP contribution < -0.4 is 0 Å². The maximum atomic E-state index is 5.70. The molecule has 0 saturated carbocycles. The molecule has 1 rings (SSSR count). The normalized spacial score (nSPS) is 10.4. The fourth-order valence-corrected chi connectivity index (χ4v) is 0.917. The molecule has 0 aliphatic rings. The molecular weight excluding hydrogens is 144 g/mol. The van der Waals surface area contributed by atoms with Crippen molar-refractivity contribution in [1.29, 1.82) is 0 Å². The first-order valence-corrected chi connectivity index (χ1v) is 3.66. The molecule has 0 aromatic heterocycles. The second-order valence-corrected chi connectivity index (χ2v) is 2.89. The lowest BCUT2D eigenvalue weighted by Gasteiger charge is -2.02. The minimum atomic E-state index is 0.345. The maximum absolute atomic E-state index is 5.70. The van der Waals surface area contributed by atoms with E-state index in [-0.39, 0.29) is 0 Å². The predicted octanol–water partition coefficient (Wildman–Crippen LogP) is 3.28. The van der Waals surface area contributed by atoms with E-state index in [2.05, 4.69) is 13.8 Å².